The van der Waals surface area contributed by atoms with E-state index in [-0.39, 0.29) is 36.7 Å². The highest BCUT2D eigenvalue weighted by atomic mass is 16.5. The van der Waals surface area contributed by atoms with Crippen LogP contribution in [0.15, 0.2) is 72.9 Å². The lowest BCUT2D eigenvalue weighted by Gasteiger charge is -2.38. The lowest BCUT2D eigenvalue weighted by Crippen LogP contribution is -2.45. The number of hydrogen-bond donors (Lipinski definition) is 1. The van der Waals surface area contributed by atoms with Gasteiger partial charge in [-0.25, -0.2) is 0 Å². The number of ketones is 1. The van der Waals surface area contributed by atoms with E-state index in [2.05, 4.69) is 16.0 Å². The minimum atomic E-state index is -0.282. The van der Waals surface area contributed by atoms with E-state index in [4.69, 9.17) is 4.74 Å². The van der Waals surface area contributed by atoms with Gasteiger partial charge in [0.05, 0.1) is 30.8 Å². The molecule has 2 amide bonds. The average molecular weight is 480 g/mol. The number of Topliss-reactive ketones (excluding diaryl/α,β-unsaturated/α-hetero) is 1. The van der Waals surface area contributed by atoms with Crippen molar-refractivity contribution in [1.29, 1.82) is 0 Å². The van der Waals surface area contributed by atoms with E-state index >= 15 is 0 Å². The summed E-state index contributed by atoms with van der Waals surface area (Å²) in [5.74, 6) is 0.140. The predicted octanol–water partition coefficient (Wildman–Crippen LogP) is 4.25. The fourth-order valence-electron chi connectivity index (χ4n) is 5.42. The number of aromatic nitrogens is 1. The third kappa shape index (κ3) is 3.60. The van der Waals surface area contributed by atoms with E-state index in [0.717, 1.165) is 28.6 Å². The number of nitrogens with zero attached hydrogens (tertiary/aromatic N) is 2. The summed E-state index contributed by atoms with van der Waals surface area (Å²) in [5.41, 5.74) is 4.56. The lowest BCUT2D eigenvalue weighted by molar-refractivity contribution is 0.0574. The van der Waals surface area contributed by atoms with Crippen LogP contribution in [-0.2, 0) is 6.42 Å². The number of carbonyl (C=O) groups is 3. The third-order valence-electron chi connectivity index (χ3n) is 7.29. The number of rotatable bonds is 6. The molecule has 7 heteroatoms. The number of hydrogen-bond acceptors (Lipinski definition) is 5. The van der Waals surface area contributed by atoms with Gasteiger partial charge in [-0.05, 0) is 41.8 Å². The summed E-state index contributed by atoms with van der Waals surface area (Å²) >= 11 is 0. The van der Waals surface area contributed by atoms with Crippen molar-refractivity contribution >= 4 is 28.5 Å². The first-order valence-electron chi connectivity index (χ1n) is 12.0. The number of amides is 2. The number of ether oxygens (including phenoxy) is 1. The zero-order valence-corrected chi connectivity index (χ0v) is 19.9. The third-order valence-corrected chi connectivity index (χ3v) is 7.29. The molecule has 6 rings (SSSR count). The maximum absolute atomic E-state index is 13.5. The van der Waals surface area contributed by atoms with E-state index in [0.29, 0.717) is 23.2 Å². The Balaban J connectivity index is 1.30. The van der Waals surface area contributed by atoms with Crippen LogP contribution in [0.4, 0.5) is 0 Å². The van der Waals surface area contributed by atoms with Crippen LogP contribution < -0.4 is 4.74 Å². The van der Waals surface area contributed by atoms with Crippen LogP contribution >= 0.6 is 0 Å². The number of nitrogens with one attached hydrogen (secondary N) is 1. The van der Waals surface area contributed by atoms with Gasteiger partial charge in [-0.2, -0.15) is 0 Å². The molecule has 180 valence electrons. The fourth-order valence-corrected chi connectivity index (χ4v) is 5.42. The Labute approximate surface area is 208 Å². The molecule has 0 bridgehead atoms. The zero-order chi connectivity index (χ0) is 24.8. The van der Waals surface area contributed by atoms with Crippen molar-refractivity contribution < 1.29 is 19.1 Å². The highest BCUT2D eigenvalue weighted by molar-refractivity contribution is 6.21. The second-order valence-electron chi connectivity index (χ2n) is 9.24. The molecule has 2 aliphatic heterocycles. The van der Waals surface area contributed by atoms with Crippen molar-refractivity contribution in [1.82, 2.24) is 14.8 Å². The normalized spacial score (nSPS) is 17.4. The largest absolute Gasteiger partial charge is 0.497 e. The number of imide groups is 1. The summed E-state index contributed by atoms with van der Waals surface area (Å²) in [7, 11) is 1.61. The van der Waals surface area contributed by atoms with Gasteiger partial charge in [0, 0.05) is 41.8 Å². The highest BCUT2D eigenvalue weighted by Gasteiger charge is 2.39. The van der Waals surface area contributed by atoms with Crippen molar-refractivity contribution in [2.75, 3.05) is 26.7 Å². The molecule has 0 saturated carbocycles. The summed E-state index contributed by atoms with van der Waals surface area (Å²) in [4.78, 5) is 46.3. The molecule has 0 spiro atoms. The molecule has 0 fully saturated rings. The first-order valence-corrected chi connectivity index (χ1v) is 12.0. The second kappa shape index (κ2) is 8.77. The summed E-state index contributed by atoms with van der Waals surface area (Å²) in [6.07, 6.45) is 2.54. The minimum Gasteiger partial charge on any atom is -0.497 e. The van der Waals surface area contributed by atoms with E-state index in [9.17, 15) is 14.4 Å². The number of benzene rings is 3. The van der Waals surface area contributed by atoms with Crippen molar-refractivity contribution in [3.05, 3.63) is 101 Å². The molecular formula is C29H25N3O4. The van der Waals surface area contributed by atoms with Gasteiger partial charge in [-0.15, -0.1) is 0 Å². The van der Waals surface area contributed by atoms with Gasteiger partial charge < -0.3 is 9.72 Å². The monoisotopic (exact) mass is 479 g/mol. The predicted molar refractivity (Wildman–Crippen MR) is 135 cm³/mol. The number of fused-ring (bicyclic) bond motifs is 3. The number of carbonyl (C=O) groups excluding carboxylic acids is 3. The topological polar surface area (TPSA) is 82.7 Å². The minimum absolute atomic E-state index is 0.0156. The van der Waals surface area contributed by atoms with Crippen LogP contribution in [0, 0.1) is 0 Å². The Kier molecular flexibility index (Phi) is 5.42. The van der Waals surface area contributed by atoms with Gasteiger partial charge in [0.1, 0.15) is 5.75 Å². The van der Waals surface area contributed by atoms with Gasteiger partial charge in [0.15, 0.2) is 5.78 Å². The molecular weight excluding hydrogens is 454 g/mol. The zero-order valence-electron chi connectivity index (χ0n) is 19.9. The maximum atomic E-state index is 13.5. The van der Waals surface area contributed by atoms with Crippen LogP contribution in [0.3, 0.4) is 0 Å². The van der Waals surface area contributed by atoms with Crippen LogP contribution in [0.1, 0.15) is 48.2 Å². The first-order chi connectivity index (χ1) is 17.5. The Morgan fingerprint density at radius 1 is 1.00 bits per heavy atom. The van der Waals surface area contributed by atoms with Crippen molar-refractivity contribution in [2.24, 2.45) is 0 Å². The lowest BCUT2D eigenvalue weighted by atomic mass is 9.91. The first kappa shape index (κ1) is 22.2. The molecule has 7 nitrogen and oxygen atoms in total. The number of aromatic amines is 1. The Hall–Kier alpha value is -4.23. The molecule has 1 atom stereocenters. The molecule has 0 aliphatic carbocycles. The fraction of sp³-hybridized carbons (Fsp3) is 0.207. The van der Waals surface area contributed by atoms with Gasteiger partial charge in [-0.1, -0.05) is 36.4 Å². The van der Waals surface area contributed by atoms with Crippen molar-refractivity contribution in [3.63, 3.8) is 0 Å². The van der Waals surface area contributed by atoms with E-state index in [1.807, 2.05) is 36.4 Å². The van der Waals surface area contributed by atoms with Gasteiger partial charge in [0.25, 0.3) is 11.8 Å². The maximum Gasteiger partial charge on any atom is 0.261 e. The number of methoxy groups -OCH3 is 1. The molecule has 0 saturated heterocycles. The van der Waals surface area contributed by atoms with E-state index in [1.54, 1.807) is 37.6 Å². The molecule has 3 aromatic carbocycles. The SMILES string of the molecule is COc1ccc2c(C(=O)CN3CCc4ccccc4C3CN3C(=O)c4ccccc4C3=O)c[nH]c2c1. The number of H-pyrrole nitrogens is 1. The van der Waals surface area contributed by atoms with Gasteiger partial charge >= 0.3 is 0 Å². The van der Waals surface area contributed by atoms with Gasteiger partial charge in [-0.3, -0.25) is 24.2 Å². The molecule has 1 aromatic heterocycles. The van der Waals surface area contributed by atoms with E-state index in [1.165, 1.54) is 10.5 Å². The summed E-state index contributed by atoms with van der Waals surface area (Å²) < 4.78 is 5.29. The summed E-state index contributed by atoms with van der Waals surface area (Å²) in [6.45, 7) is 1.04. The van der Waals surface area contributed by atoms with Crippen LogP contribution in [-0.4, -0.2) is 59.1 Å². The molecule has 3 heterocycles. The molecule has 1 unspecified atom stereocenters. The van der Waals surface area contributed by atoms with Gasteiger partial charge in [0.2, 0.25) is 0 Å². The molecule has 36 heavy (non-hydrogen) atoms. The smallest absolute Gasteiger partial charge is 0.261 e. The highest BCUT2D eigenvalue weighted by Crippen LogP contribution is 2.34. The Morgan fingerprint density at radius 2 is 1.72 bits per heavy atom. The Morgan fingerprint density at radius 3 is 2.47 bits per heavy atom. The Bertz CT molecular complexity index is 1490. The molecule has 2 aliphatic rings. The molecule has 1 N–H and O–H groups in total. The van der Waals surface area contributed by atoms with Crippen LogP contribution in [0.2, 0.25) is 0 Å². The van der Waals surface area contributed by atoms with Crippen LogP contribution in [0.5, 0.6) is 5.75 Å². The summed E-state index contributed by atoms with van der Waals surface area (Å²) in [5, 5.41) is 0.843. The molecule has 4 aromatic rings. The van der Waals surface area contributed by atoms with Crippen molar-refractivity contribution in [2.45, 2.75) is 12.5 Å². The molecule has 0 radical (unpaired) electrons. The van der Waals surface area contributed by atoms with Crippen molar-refractivity contribution in [3.8, 4) is 5.75 Å². The van der Waals surface area contributed by atoms with Crippen LogP contribution in [0.25, 0.3) is 10.9 Å². The van der Waals surface area contributed by atoms with E-state index < -0.39 is 0 Å². The summed E-state index contributed by atoms with van der Waals surface area (Å²) in [6, 6.07) is 20.3. The standard InChI is InChI=1S/C29H25N3O4/c1-36-19-10-11-21-24(15-30-25(21)14-19)27(33)17-31-13-12-18-6-2-3-7-20(18)26(31)16-32-28(34)22-8-4-5-9-23(22)29(32)35/h2-11,14-15,26,30H,12-13,16-17H2,1H3. The average Bonchev–Trinajstić information content (AvgIpc) is 3.44. The quantitative estimate of drug-likeness (QED) is 0.330. The second-order valence-corrected chi connectivity index (χ2v) is 9.24.